The number of carbonyl (C=O) groups is 1. The summed E-state index contributed by atoms with van der Waals surface area (Å²) < 4.78 is 13.6. The fourth-order valence-corrected chi connectivity index (χ4v) is 1.18. The molecule has 0 aliphatic carbocycles. The van der Waals surface area contributed by atoms with E-state index in [1.54, 1.807) is 24.3 Å². The van der Waals surface area contributed by atoms with Gasteiger partial charge in [-0.15, -0.1) is 0 Å². The summed E-state index contributed by atoms with van der Waals surface area (Å²) in [5.74, 6) is -1.41. The first-order chi connectivity index (χ1) is 6.09. The molecular formula is C9H8BrFO2. The van der Waals surface area contributed by atoms with Crippen molar-refractivity contribution in [1.29, 1.82) is 0 Å². The molecule has 0 spiro atoms. The van der Waals surface area contributed by atoms with E-state index in [9.17, 15) is 9.18 Å². The second-order valence-corrected chi connectivity index (χ2v) is 3.55. The van der Waals surface area contributed by atoms with E-state index in [0.29, 0.717) is 5.56 Å². The van der Waals surface area contributed by atoms with Crippen LogP contribution >= 0.6 is 15.9 Å². The molecule has 70 valence electrons. The minimum absolute atomic E-state index is 0.0807. The van der Waals surface area contributed by atoms with Crippen molar-refractivity contribution >= 4 is 21.9 Å². The van der Waals surface area contributed by atoms with Crippen molar-refractivity contribution in [2.24, 2.45) is 0 Å². The minimum atomic E-state index is -1.82. The van der Waals surface area contributed by atoms with E-state index >= 15 is 0 Å². The number of hydrogen-bond donors (Lipinski definition) is 1. The average molecular weight is 247 g/mol. The number of carboxylic acid groups (broad SMARTS) is 1. The molecule has 0 heterocycles. The first-order valence-electron chi connectivity index (χ1n) is 3.71. The van der Waals surface area contributed by atoms with Crippen LogP contribution < -0.4 is 0 Å². The zero-order chi connectivity index (χ0) is 9.84. The third-order valence-electron chi connectivity index (χ3n) is 1.60. The van der Waals surface area contributed by atoms with Crippen LogP contribution in [0.25, 0.3) is 0 Å². The number of alkyl halides is 1. The van der Waals surface area contributed by atoms with E-state index < -0.39 is 12.1 Å². The maximum absolute atomic E-state index is 12.7. The van der Waals surface area contributed by atoms with E-state index in [1.807, 2.05) is 0 Å². The van der Waals surface area contributed by atoms with Crippen LogP contribution in [0.15, 0.2) is 28.7 Å². The highest BCUT2D eigenvalue weighted by Gasteiger charge is 2.15. The van der Waals surface area contributed by atoms with Crippen LogP contribution in [0.4, 0.5) is 4.39 Å². The third kappa shape index (κ3) is 3.14. The van der Waals surface area contributed by atoms with E-state index in [-0.39, 0.29) is 6.42 Å². The predicted octanol–water partition coefficient (Wildman–Crippen LogP) is 2.41. The van der Waals surface area contributed by atoms with Crippen LogP contribution in [-0.2, 0) is 11.2 Å². The van der Waals surface area contributed by atoms with Gasteiger partial charge in [-0.05, 0) is 17.7 Å². The Kier molecular flexibility index (Phi) is 3.42. The van der Waals surface area contributed by atoms with Gasteiger partial charge in [0.05, 0.1) is 0 Å². The molecule has 0 saturated heterocycles. The molecule has 0 aliphatic rings. The SMILES string of the molecule is O=C(O)C(F)Cc1ccc(Br)cc1. The molecule has 0 bridgehead atoms. The normalized spacial score (nSPS) is 12.5. The van der Waals surface area contributed by atoms with Crippen molar-refractivity contribution in [3.63, 3.8) is 0 Å². The highest BCUT2D eigenvalue weighted by atomic mass is 79.9. The molecule has 1 aromatic rings. The molecule has 0 fully saturated rings. The standard InChI is InChI=1S/C9H8BrFO2/c10-7-3-1-6(2-4-7)5-8(11)9(12)13/h1-4,8H,5H2,(H,12,13). The Morgan fingerprint density at radius 1 is 1.46 bits per heavy atom. The molecule has 0 radical (unpaired) electrons. The first-order valence-corrected chi connectivity index (χ1v) is 4.50. The van der Waals surface area contributed by atoms with Gasteiger partial charge in [0.2, 0.25) is 6.17 Å². The van der Waals surface area contributed by atoms with Crippen molar-refractivity contribution in [2.45, 2.75) is 12.6 Å². The highest BCUT2D eigenvalue weighted by Crippen LogP contribution is 2.12. The second-order valence-electron chi connectivity index (χ2n) is 2.64. The summed E-state index contributed by atoms with van der Waals surface area (Å²) in [4.78, 5) is 10.2. The molecule has 13 heavy (non-hydrogen) atoms. The molecule has 4 heteroatoms. The number of halogens is 2. The van der Waals surface area contributed by atoms with E-state index in [1.165, 1.54) is 0 Å². The van der Waals surface area contributed by atoms with Crippen molar-refractivity contribution in [3.05, 3.63) is 34.3 Å². The monoisotopic (exact) mass is 246 g/mol. The lowest BCUT2D eigenvalue weighted by molar-refractivity contribution is -0.142. The van der Waals surface area contributed by atoms with Crippen LogP contribution in [-0.4, -0.2) is 17.2 Å². The van der Waals surface area contributed by atoms with Crippen LogP contribution in [0.3, 0.4) is 0 Å². The van der Waals surface area contributed by atoms with Gasteiger partial charge in [0.25, 0.3) is 0 Å². The number of carboxylic acids is 1. The van der Waals surface area contributed by atoms with Gasteiger partial charge >= 0.3 is 5.97 Å². The summed E-state index contributed by atoms with van der Waals surface area (Å²) in [5, 5.41) is 8.31. The number of aliphatic carboxylic acids is 1. The summed E-state index contributed by atoms with van der Waals surface area (Å²) in [6, 6.07) is 6.90. The average Bonchev–Trinajstić information content (AvgIpc) is 2.08. The van der Waals surface area contributed by atoms with Gasteiger partial charge in [0.1, 0.15) is 0 Å². The third-order valence-corrected chi connectivity index (χ3v) is 2.12. The van der Waals surface area contributed by atoms with Crippen LogP contribution in [0, 0.1) is 0 Å². The van der Waals surface area contributed by atoms with Crippen molar-refractivity contribution in [1.82, 2.24) is 0 Å². The Labute approximate surface area is 83.5 Å². The van der Waals surface area contributed by atoms with Crippen molar-refractivity contribution in [3.8, 4) is 0 Å². The molecule has 0 amide bonds. The Bertz CT molecular complexity index is 297. The summed E-state index contributed by atoms with van der Waals surface area (Å²) >= 11 is 3.23. The van der Waals surface area contributed by atoms with Gasteiger partial charge in [-0.1, -0.05) is 28.1 Å². The van der Waals surface area contributed by atoms with Crippen LogP contribution in [0.5, 0.6) is 0 Å². The topological polar surface area (TPSA) is 37.3 Å². The second kappa shape index (κ2) is 4.37. The molecule has 0 aliphatic heterocycles. The highest BCUT2D eigenvalue weighted by molar-refractivity contribution is 9.10. The molecule has 1 aromatic carbocycles. The largest absolute Gasteiger partial charge is 0.479 e. The molecule has 1 rings (SSSR count). The maximum Gasteiger partial charge on any atom is 0.338 e. The lowest BCUT2D eigenvalue weighted by Gasteiger charge is -2.02. The number of rotatable bonds is 3. The summed E-state index contributed by atoms with van der Waals surface area (Å²) in [6.07, 6.45) is -1.90. The molecule has 0 aromatic heterocycles. The smallest absolute Gasteiger partial charge is 0.338 e. The van der Waals surface area contributed by atoms with E-state index in [0.717, 1.165) is 4.47 Å². The Hall–Kier alpha value is -0.900. The quantitative estimate of drug-likeness (QED) is 0.890. The minimum Gasteiger partial charge on any atom is -0.479 e. The molecule has 1 N–H and O–H groups in total. The summed E-state index contributed by atoms with van der Waals surface area (Å²) in [7, 11) is 0. The number of benzene rings is 1. The lowest BCUT2D eigenvalue weighted by Crippen LogP contribution is -2.16. The summed E-state index contributed by atoms with van der Waals surface area (Å²) in [5.41, 5.74) is 0.679. The molecule has 0 saturated carbocycles. The first kappa shape index (κ1) is 10.2. The van der Waals surface area contributed by atoms with Gasteiger partial charge in [0.15, 0.2) is 0 Å². The fraction of sp³-hybridized carbons (Fsp3) is 0.222. The van der Waals surface area contributed by atoms with E-state index in [2.05, 4.69) is 15.9 Å². The zero-order valence-electron chi connectivity index (χ0n) is 6.71. The van der Waals surface area contributed by atoms with Gasteiger partial charge in [-0.25, -0.2) is 9.18 Å². The lowest BCUT2D eigenvalue weighted by atomic mass is 10.1. The zero-order valence-corrected chi connectivity index (χ0v) is 8.29. The Morgan fingerprint density at radius 2 is 2.00 bits per heavy atom. The van der Waals surface area contributed by atoms with Gasteiger partial charge in [-0.2, -0.15) is 0 Å². The van der Waals surface area contributed by atoms with Gasteiger partial charge in [-0.3, -0.25) is 0 Å². The fourth-order valence-electron chi connectivity index (χ4n) is 0.915. The Morgan fingerprint density at radius 3 is 2.46 bits per heavy atom. The predicted molar refractivity (Wildman–Crippen MR) is 50.4 cm³/mol. The van der Waals surface area contributed by atoms with Crippen molar-refractivity contribution < 1.29 is 14.3 Å². The molecule has 1 unspecified atom stereocenters. The van der Waals surface area contributed by atoms with Gasteiger partial charge in [0, 0.05) is 10.9 Å². The number of hydrogen-bond acceptors (Lipinski definition) is 1. The molecular weight excluding hydrogens is 239 g/mol. The van der Waals surface area contributed by atoms with E-state index in [4.69, 9.17) is 5.11 Å². The molecule has 1 atom stereocenters. The van der Waals surface area contributed by atoms with Gasteiger partial charge < -0.3 is 5.11 Å². The molecule has 2 nitrogen and oxygen atoms in total. The van der Waals surface area contributed by atoms with Crippen LogP contribution in [0.1, 0.15) is 5.56 Å². The van der Waals surface area contributed by atoms with Crippen LogP contribution in [0.2, 0.25) is 0 Å². The van der Waals surface area contributed by atoms with Crippen molar-refractivity contribution in [2.75, 3.05) is 0 Å². The maximum atomic E-state index is 12.7. The summed E-state index contributed by atoms with van der Waals surface area (Å²) in [6.45, 7) is 0. The Balaban J connectivity index is 2.64.